The molecule has 4 heteroatoms. The van der Waals surface area contributed by atoms with Crippen molar-refractivity contribution in [2.75, 3.05) is 12.3 Å². The van der Waals surface area contributed by atoms with Crippen LogP contribution in [-0.2, 0) is 4.79 Å². The minimum Gasteiger partial charge on any atom is -0.384 e. The molecule has 1 aliphatic heterocycles. The van der Waals surface area contributed by atoms with E-state index >= 15 is 0 Å². The number of anilines is 1. The summed E-state index contributed by atoms with van der Waals surface area (Å²) in [6, 6.07) is 3.95. The SMILES string of the molecule is Nc1cc(C2CCCN2C=O)ccn1. The second-order valence-corrected chi connectivity index (χ2v) is 3.52. The summed E-state index contributed by atoms with van der Waals surface area (Å²) in [7, 11) is 0. The number of carbonyl (C=O) groups excluding carboxylic acids is 1. The van der Waals surface area contributed by atoms with E-state index in [4.69, 9.17) is 5.73 Å². The molecule has 0 spiro atoms. The lowest BCUT2D eigenvalue weighted by molar-refractivity contribution is -0.118. The Kier molecular flexibility index (Phi) is 2.35. The third-order valence-electron chi connectivity index (χ3n) is 2.62. The first-order valence-electron chi connectivity index (χ1n) is 4.74. The highest BCUT2D eigenvalue weighted by atomic mass is 16.1. The zero-order valence-electron chi connectivity index (χ0n) is 7.89. The molecular formula is C10H13N3O. The van der Waals surface area contributed by atoms with Crippen LogP contribution in [0.15, 0.2) is 18.3 Å². The van der Waals surface area contributed by atoms with E-state index < -0.39 is 0 Å². The van der Waals surface area contributed by atoms with E-state index in [0.29, 0.717) is 5.82 Å². The molecule has 0 radical (unpaired) electrons. The quantitative estimate of drug-likeness (QED) is 0.708. The number of amides is 1. The van der Waals surface area contributed by atoms with Crippen LogP contribution in [0.5, 0.6) is 0 Å². The molecule has 0 bridgehead atoms. The Balaban J connectivity index is 2.25. The largest absolute Gasteiger partial charge is 0.384 e. The lowest BCUT2D eigenvalue weighted by atomic mass is 10.1. The van der Waals surface area contributed by atoms with E-state index in [1.165, 1.54) is 0 Å². The maximum absolute atomic E-state index is 10.8. The van der Waals surface area contributed by atoms with Gasteiger partial charge in [-0.3, -0.25) is 4.79 Å². The molecular weight excluding hydrogens is 178 g/mol. The van der Waals surface area contributed by atoms with Gasteiger partial charge in [-0.1, -0.05) is 0 Å². The van der Waals surface area contributed by atoms with Gasteiger partial charge in [-0.25, -0.2) is 4.98 Å². The molecule has 2 N–H and O–H groups in total. The molecule has 14 heavy (non-hydrogen) atoms. The van der Waals surface area contributed by atoms with E-state index in [9.17, 15) is 4.79 Å². The second kappa shape index (κ2) is 3.65. The van der Waals surface area contributed by atoms with Gasteiger partial charge in [0.25, 0.3) is 0 Å². The average molecular weight is 191 g/mol. The van der Waals surface area contributed by atoms with E-state index in [-0.39, 0.29) is 6.04 Å². The van der Waals surface area contributed by atoms with Crippen molar-refractivity contribution >= 4 is 12.2 Å². The summed E-state index contributed by atoms with van der Waals surface area (Å²) in [5.41, 5.74) is 6.68. The van der Waals surface area contributed by atoms with Gasteiger partial charge in [0.1, 0.15) is 5.82 Å². The average Bonchev–Trinajstić information content (AvgIpc) is 2.65. The molecule has 1 aromatic heterocycles. The van der Waals surface area contributed by atoms with Crippen molar-refractivity contribution in [3.63, 3.8) is 0 Å². The summed E-state index contributed by atoms with van der Waals surface area (Å²) < 4.78 is 0. The first kappa shape index (κ1) is 8.99. The van der Waals surface area contributed by atoms with Crippen LogP contribution in [0.25, 0.3) is 0 Å². The Labute approximate surface area is 82.7 Å². The monoisotopic (exact) mass is 191 g/mol. The summed E-state index contributed by atoms with van der Waals surface area (Å²) >= 11 is 0. The Hall–Kier alpha value is -1.58. The third kappa shape index (κ3) is 1.55. The van der Waals surface area contributed by atoms with E-state index in [1.807, 2.05) is 17.0 Å². The number of nitrogen functional groups attached to an aromatic ring is 1. The lowest BCUT2D eigenvalue weighted by Crippen LogP contribution is -2.21. The summed E-state index contributed by atoms with van der Waals surface area (Å²) in [6.45, 7) is 0.844. The number of carbonyl (C=O) groups is 1. The molecule has 1 saturated heterocycles. The Morgan fingerprint density at radius 2 is 2.50 bits per heavy atom. The zero-order valence-corrected chi connectivity index (χ0v) is 7.89. The molecule has 74 valence electrons. The smallest absolute Gasteiger partial charge is 0.210 e. The molecule has 2 rings (SSSR count). The number of rotatable bonds is 2. The number of nitrogens with zero attached hydrogens (tertiary/aromatic N) is 2. The van der Waals surface area contributed by atoms with Gasteiger partial charge < -0.3 is 10.6 Å². The molecule has 4 nitrogen and oxygen atoms in total. The Bertz CT molecular complexity index is 340. The summed E-state index contributed by atoms with van der Waals surface area (Å²) in [5, 5.41) is 0. The molecule has 1 fully saturated rings. The lowest BCUT2D eigenvalue weighted by Gasteiger charge is -2.20. The van der Waals surface area contributed by atoms with Crippen molar-refractivity contribution < 1.29 is 4.79 Å². The minimum atomic E-state index is 0.192. The van der Waals surface area contributed by atoms with Gasteiger partial charge in [0.15, 0.2) is 0 Å². The van der Waals surface area contributed by atoms with Crippen molar-refractivity contribution in [3.05, 3.63) is 23.9 Å². The molecule has 1 aromatic rings. The molecule has 2 heterocycles. The molecule has 1 amide bonds. The predicted octanol–water partition coefficient (Wildman–Crippen LogP) is 0.957. The van der Waals surface area contributed by atoms with Crippen molar-refractivity contribution in [1.29, 1.82) is 0 Å². The first-order valence-corrected chi connectivity index (χ1v) is 4.74. The fourth-order valence-electron chi connectivity index (χ4n) is 1.95. The molecule has 1 unspecified atom stereocenters. The topological polar surface area (TPSA) is 59.2 Å². The van der Waals surface area contributed by atoms with Gasteiger partial charge >= 0.3 is 0 Å². The summed E-state index contributed by atoms with van der Waals surface area (Å²) in [6.07, 6.45) is 4.67. The fraction of sp³-hybridized carbons (Fsp3) is 0.400. The highest BCUT2D eigenvalue weighted by Gasteiger charge is 2.24. The van der Waals surface area contributed by atoms with Gasteiger partial charge in [-0.05, 0) is 30.5 Å². The normalized spacial score (nSPS) is 21.1. The summed E-state index contributed by atoms with van der Waals surface area (Å²) in [5.74, 6) is 0.514. The van der Waals surface area contributed by atoms with E-state index in [0.717, 1.165) is 31.4 Å². The van der Waals surface area contributed by atoms with Crippen LogP contribution in [0.3, 0.4) is 0 Å². The number of nitrogens with two attached hydrogens (primary N) is 1. The van der Waals surface area contributed by atoms with E-state index in [2.05, 4.69) is 4.98 Å². The standard InChI is InChI=1S/C10H13N3O/c11-10-6-8(3-4-12-10)9-2-1-5-13(9)7-14/h3-4,6-7,9H,1-2,5H2,(H2,11,12). The maximum Gasteiger partial charge on any atom is 0.210 e. The van der Waals surface area contributed by atoms with Crippen LogP contribution in [-0.4, -0.2) is 22.8 Å². The van der Waals surface area contributed by atoms with Crippen LogP contribution >= 0.6 is 0 Å². The zero-order chi connectivity index (χ0) is 9.97. The number of aromatic nitrogens is 1. The Morgan fingerprint density at radius 1 is 1.64 bits per heavy atom. The van der Waals surface area contributed by atoms with Crippen LogP contribution < -0.4 is 5.73 Å². The number of hydrogen-bond acceptors (Lipinski definition) is 3. The number of pyridine rings is 1. The van der Waals surface area contributed by atoms with Gasteiger partial charge in [-0.2, -0.15) is 0 Å². The maximum atomic E-state index is 10.8. The third-order valence-corrected chi connectivity index (χ3v) is 2.62. The second-order valence-electron chi connectivity index (χ2n) is 3.52. The Morgan fingerprint density at radius 3 is 3.21 bits per heavy atom. The molecule has 1 aliphatic rings. The minimum absolute atomic E-state index is 0.192. The molecule has 0 aromatic carbocycles. The van der Waals surface area contributed by atoms with Crippen LogP contribution in [0.2, 0.25) is 0 Å². The first-order chi connectivity index (χ1) is 6.81. The van der Waals surface area contributed by atoms with Crippen molar-refractivity contribution in [2.45, 2.75) is 18.9 Å². The van der Waals surface area contributed by atoms with Crippen LogP contribution in [0.4, 0.5) is 5.82 Å². The highest BCUT2D eigenvalue weighted by molar-refractivity contribution is 5.50. The van der Waals surface area contributed by atoms with Crippen LogP contribution in [0, 0.1) is 0 Å². The van der Waals surface area contributed by atoms with Crippen molar-refractivity contribution in [3.8, 4) is 0 Å². The summed E-state index contributed by atoms with van der Waals surface area (Å²) in [4.78, 5) is 16.5. The van der Waals surface area contributed by atoms with Crippen molar-refractivity contribution in [1.82, 2.24) is 9.88 Å². The van der Waals surface area contributed by atoms with Gasteiger partial charge in [0, 0.05) is 12.7 Å². The van der Waals surface area contributed by atoms with Crippen LogP contribution in [0.1, 0.15) is 24.4 Å². The predicted molar refractivity (Wildman–Crippen MR) is 53.4 cm³/mol. The van der Waals surface area contributed by atoms with Gasteiger partial charge in [0.2, 0.25) is 6.41 Å². The molecule has 0 aliphatic carbocycles. The van der Waals surface area contributed by atoms with Gasteiger partial charge in [-0.15, -0.1) is 0 Å². The fourth-order valence-corrected chi connectivity index (χ4v) is 1.95. The van der Waals surface area contributed by atoms with E-state index in [1.54, 1.807) is 6.20 Å². The number of likely N-dealkylation sites (tertiary alicyclic amines) is 1. The molecule has 1 atom stereocenters. The molecule has 0 saturated carbocycles. The van der Waals surface area contributed by atoms with Crippen molar-refractivity contribution in [2.24, 2.45) is 0 Å². The van der Waals surface area contributed by atoms with Gasteiger partial charge in [0.05, 0.1) is 6.04 Å². The number of hydrogen-bond donors (Lipinski definition) is 1. The highest BCUT2D eigenvalue weighted by Crippen LogP contribution is 2.30.